The van der Waals surface area contributed by atoms with Crippen LogP contribution in [-0.4, -0.2) is 53.9 Å². The summed E-state index contributed by atoms with van der Waals surface area (Å²) in [7, 11) is 1.79. The van der Waals surface area contributed by atoms with Crippen molar-refractivity contribution in [2.75, 3.05) is 26.7 Å². The van der Waals surface area contributed by atoms with Gasteiger partial charge in [0.2, 0.25) is 0 Å². The smallest absolute Gasteiger partial charge is 0.160 e. The molecule has 0 spiro atoms. The summed E-state index contributed by atoms with van der Waals surface area (Å²) < 4.78 is 5.57. The van der Waals surface area contributed by atoms with E-state index in [0.29, 0.717) is 18.0 Å². The van der Waals surface area contributed by atoms with Crippen LogP contribution in [0.3, 0.4) is 0 Å². The van der Waals surface area contributed by atoms with Gasteiger partial charge < -0.3 is 20.3 Å². The van der Waals surface area contributed by atoms with Crippen molar-refractivity contribution in [3.05, 3.63) is 52.1 Å². The van der Waals surface area contributed by atoms with Crippen LogP contribution in [0.15, 0.2) is 24.3 Å². The number of phenols is 2. The monoisotopic (exact) mass is 580 g/mol. The average Bonchev–Trinajstić information content (AvgIpc) is 3.49. The largest absolute Gasteiger partial charge is 0.504 e. The highest BCUT2D eigenvalue weighted by Crippen LogP contribution is 2.46. The topological polar surface area (TPSA) is 65.0 Å². The standard InChI is InChI=1S/C15H21NO2.C14H19NO.BrH.ClH/c1-2-8-16-9-7-11-10-4-6-14(17)15(18)12(10)3-5-13(11)16;1-9-3-4-10-11-7-8-15-13(11)6-5-12(10)14(9)16-2;;/h4,6,11,13,17-18H,2-3,5,7-9H2,1H3;3-4,11,13,15H,5-8H2,1-2H3;2*1H/t2*11-,13+;;/m00../s1. The third-order valence-electron chi connectivity index (χ3n) is 8.71. The number of fused-ring (bicyclic) bond motifs is 6. The molecule has 0 saturated carbocycles. The third-order valence-corrected chi connectivity index (χ3v) is 8.71. The fraction of sp³-hybridized carbons (Fsp3) is 0.586. The molecule has 0 amide bonds. The van der Waals surface area contributed by atoms with Gasteiger partial charge in [0, 0.05) is 29.5 Å². The van der Waals surface area contributed by atoms with Gasteiger partial charge in [-0.05, 0) is 99.8 Å². The van der Waals surface area contributed by atoms with Gasteiger partial charge in [-0.2, -0.15) is 0 Å². The third kappa shape index (κ3) is 5.24. The maximum absolute atomic E-state index is 9.97. The number of rotatable bonds is 3. The van der Waals surface area contributed by atoms with Gasteiger partial charge in [-0.15, -0.1) is 29.4 Å². The number of nitrogens with zero attached hydrogens (tertiary/aromatic N) is 1. The molecule has 2 saturated heterocycles. The summed E-state index contributed by atoms with van der Waals surface area (Å²) in [4.78, 5) is 2.59. The Morgan fingerprint density at radius 2 is 1.69 bits per heavy atom. The fourth-order valence-electron chi connectivity index (χ4n) is 7.16. The van der Waals surface area contributed by atoms with Crippen LogP contribution >= 0.6 is 29.4 Å². The van der Waals surface area contributed by atoms with Crippen LogP contribution in [-0.2, 0) is 12.8 Å². The Morgan fingerprint density at radius 3 is 2.44 bits per heavy atom. The molecule has 2 aromatic rings. The van der Waals surface area contributed by atoms with Crippen LogP contribution in [0, 0.1) is 6.92 Å². The summed E-state index contributed by atoms with van der Waals surface area (Å²) in [6.07, 6.45) is 8.08. The first-order valence-electron chi connectivity index (χ1n) is 13.2. The van der Waals surface area contributed by atoms with E-state index in [1.165, 1.54) is 67.6 Å². The van der Waals surface area contributed by atoms with Crippen LogP contribution in [0.2, 0.25) is 0 Å². The molecule has 3 N–H and O–H groups in total. The van der Waals surface area contributed by atoms with Crippen molar-refractivity contribution in [1.82, 2.24) is 10.2 Å². The predicted octanol–water partition coefficient (Wildman–Crippen LogP) is 6.01. The Morgan fingerprint density at radius 1 is 0.972 bits per heavy atom. The minimum absolute atomic E-state index is 0. The van der Waals surface area contributed by atoms with E-state index in [9.17, 15) is 10.2 Å². The molecule has 2 fully saturated rings. The Balaban J connectivity index is 0.000000191. The Hall–Kier alpha value is -1.47. The molecule has 2 aliphatic heterocycles. The molecule has 2 aromatic carbocycles. The van der Waals surface area contributed by atoms with Crippen molar-refractivity contribution in [2.24, 2.45) is 0 Å². The maximum atomic E-state index is 9.97. The summed E-state index contributed by atoms with van der Waals surface area (Å²) in [5.74, 6) is 2.53. The molecule has 0 bridgehead atoms. The SMILES string of the molecule is Br.CCCN1CC[C@H]2c3ccc(O)c(O)c3CC[C@H]21.COc1c(C)ccc2c1CC[C@H]1NCC[C@@H]21.Cl. The van der Waals surface area contributed by atoms with Crippen molar-refractivity contribution in [3.63, 3.8) is 0 Å². The van der Waals surface area contributed by atoms with Crippen molar-refractivity contribution in [2.45, 2.75) is 82.7 Å². The number of hydrogen-bond donors (Lipinski definition) is 3. The second kappa shape index (κ2) is 12.4. The van der Waals surface area contributed by atoms with E-state index in [1.807, 2.05) is 6.07 Å². The molecule has 0 radical (unpaired) electrons. The molecule has 2 heterocycles. The van der Waals surface area contributed by atoms with E-state index < -0.39 is 0 Å². The van der Waals surface area contributed by atoms with E-state index in [4.69, 9.17) is 4.74 Å². The number of likely N-dealkylation sites (tertiary alicyclic amines) is 1. The quantitative estimate of drug-likeness (QED) is 0.388. The zero-order chi connectivity index (χ0) is 23.8. The van der Waals surface area contributed by atoms with Crippen molar-refractivity contribution < 1.29 is 14.9 Å². The molecule has 200 valence electrons. The van der Waals surface area contributed by atoms with Gasteiger partial charge in [0.1, 0.15) is 5.75 Å². The molecule has 2 aliphatic carbocycles. The summed E-state index contributed by atoms with van der Waals surface area (Å²) in [6, 6.07) is 9.52. The predicted molar refractivity (Wildman–Crippen MR) is 154 cm³/mol. The highest BCUT2D eigenvalue weighted by Gasteiger charge is 2.39. The zero-order valence-electron chi connectivity index (χ0n) is 21.8. The first-order valence-corrected chi connectivity index (χ1v) is 13.2. The normalized spacial score (nSPS) is 25.6. The average molecular weight is 582 g/mol. The number of methoxy groups -OCH3 is 1. The highest BCUT2D eigenvalue weighted by atomic mass is 79.9. The number of ether oxygens (including phenoxy) is 1. The number of benzene rings is 2. The maximum Gasteiger partial charge on any atom is 0.160 e. The van der Waals surface area contributed by atoms with Crippen molar-refractivity contribution in [1.29, 1.82) is 0 Å². The second-order valence-corrected chi connectivity index (χ2v) is 10.5. The van der Waals surface area contributed by atoms with Crippen LogP contribution in [0.4, 0.5) is 0 Å². The van der Waals surface area contributed by atoms with Gasteiger partial charge >= 0.3 is 0 Å². The first-order chi connectivity index (χ1) is 16.5. The van der Waals surface area contributed by atoms with Gasteiger partial charge in [-0.3, -0.25) is 4.90 Å². The van der Waals surface area contributed by atoms with Crippen LogP contribution in [0.1, 0.15) is 78.7 Å². The number of hydrogen-bond acceptors (Lipinski definition) is 5. The van der Waals surface area contributed by atoms with Crippen molar-refractivity contribution in [3.8, 4) is 17.2 Å². The van der Waals surface area contributed by atoms with Crippen molar-refractivity contribution >= 4 is 29.4 Å². The van der Waals surface area contributed by atoms with Gasteiger partial charge in [-0.25, -0.2) is 0 Å². The van der Waals surface area contributed by atoms with Gasteiger partial charge in [0.05, 0.1) is 7.11 Å². The molecule has 0 aromatic heterocycles. The number of nitrogens with one attached hydrogen (secondary N) is 1. The molecule has 0 unspecified atom stereocenters. The van der Waals surface area contributed by atoms with Crippen LogP contribution in [0.5, 0.6) is 17.2 Å². The highest BCUT2D eigenvalue weighted by molar-refractivity contribution is 8.93. The van der Waals surface area contributed by atoms with Crippen LogP contribution < -0.4 is 10.1 Å². The minimum Gasteiger partial charge on any atom is -0.504 e. The lowest BCUT2D eigenvalue weighted by Gasteiger charge is -2.33. The lowest BCUT2D eigenvalue weighted by molar-refractivity contribution is 0.226. The van der Waals surface area contributed by atoms with Gasteiger partial charge in [-0.1, -0.05) is 25.1 Å². The molecular formula is C29H42BrClN2O3. The van der Waals surface area contributed by atoms with Gasteiger partial charge in [0.25, 0.3) is 0 Å². The van der Waals surface area contributed by atoms with E-state index in [1.54, 1.807) is 13.2 Å². The molecule has 5 nitrogen and oxygen atoms in total. The summed E-state index contributed by atoms with van der Waals surface area (Å²) in [5.41, 5.74) is 6.51. The molecular weight excluding hydrogens is 540 g/mol. The van der Waals surface area contributed by atoms with Gasteiger partial charge in [0.15, 0.2) is 11.5 Å². The van der Waals surface area contributed by atoms with E-state index in [2.05, 4.69) is 36.2 Å². The lowest BCUT2D eigenvalue weighted by Crippen LogP contribution is -2.35. The molecule has 36 heavy (non-hydrogen) atoms. The van der Waals surface area contributed by atoms with E-state index >= 15 is 0 Å². The minimum atomic E-state index is 0. The molecule has 4 atom stereocenters. The Bertz CT molecular complexity index is 1050. The second-order valence-electron chi connectivity index (χ2n) is 10.5. The number of halogens is 2. The summed E-state index contributed by atoms with van der Waals surface area (Å²) >= 11 is 0. The van der Waals surface area contributed by atoms with E-state index in [-0.39, 0.29) is 40.9 Å². The fourth-order valence-corrected chi connectivity index (χ4v) is 7.16. The molecule has 4 aliphatic rings. The number of phenolic OH excluding ortho intramolecular Hbond substituents is 2. The first kappa shape index (κ1) is 29.1. The number of aryl methyl sites for hydroxylation is 1. The van der Waals surface area contributed by atoms with E-state index in [0.717, 1.165) is 36.5 Å². The Kier molecular flexibility index (Phi) is 10.0. The Labute approximate surface area is 232 Å². The summed E-state index contributed by atoms with van der Waals surface area (Å²) in [6.45, 7) is 7.89. The number of aromatic hydroxyl groups is 2. The zero-order valence-corrected chi connectivity index (χ0v) is 24.3. The summed E-state index contributed by atoms with van der Waals surface area (Å²) in [5, 5.41) is 23.2. The molecule has 6 rings (SSSR count). The molecule has 7 heteroatoms. The van der Waals surface area contributed by atoms with Crippen LogP contribution in [0.25, 0.3) is 0 Å². The lowest BCUT2D eigenvalue weighted by atomic mass is 9.79.